The largest absolute Gasteiger partial charge is 0.438 e. The zero-order valence-corrected chi connectivity index (χ0v) is 16.5. The maximum Gasteiger partial charge on any atom is 0.259 e. The second-order valence-electron chi connectivity index (χ2n) is 6.94. The van der Waals surface area contributed by atoms with E-state index in [1.54, 1.807) is 34.3 Å². The van der Waals surface area contributed by atoms with Crippen molar-refractivity contribution >= 4 is 11.8 Å². The number of rotatable bonds is 5. The number of para-hydroxylation sites is 1. The van der Waals surface area contributed by atoms with Gasteiger partial charge < -0.3 is 14.5 Å². The standard InChI is InChI=1S/C23H22N4O3/c28-21(17-18-7-4-5-11-24-18)26-13-15-27(16-14-26)23(29)20-10-6-12-25-22(20)30-19-8-2-1-3-9-19/h1-12H,13-17H2. The summed E-state index contributed by atoms with van der Waals surface area (Å²) in [5.41, 5.74) is 1.16. The van der Waals surface area contributed by atoms with Gasteiger partial charge >= 0.3 is 0 Å². The molecule has 0 N–H and O–H groups in total. The van der Waals surface area contributed by atoms with Gasteiger partial charge in [-0.3, -0.25) is 14.6 Å². The first kappa shape index (κ1) is 19.6. The van der Waals surface area contributed by atoms with Gasteiger partial charge in [0.1, 0.15) is 11.3 Å². The summed E-state index contributed by atoms with van der Waals surface area (Å²) in [6, 6.07) is 18.2. The Hall–Kier alpha value is -3.74. The molecule has 7 nitrogen and oxygen atoms in total. The molecular weight excluding hydrogens is 380 g/mol. The molecule has 0 saturated carbocycles. The third kappa shape index (κ3) is 4.63. The van der Waals surface area contributed by atoms with Crippen LogP contribution in [0.25, 0.3) is 0 Å². The van der Waals surface area contributed by atoms with Crippen molar-refractivity contribution < 1.29 is 14.3 Å². The minimum Gasteiger partial charge on any atom is -0.438 e. The fourth-order valence-electron chi connectivity index (χ4n) is 3.33. The van der Waals surface area contributed by atoms with Gasteiger partial charge in [0.25, 0.3) is 5.91 Å². The van der Waals surface area contributed by atoms with Gasteiger partial charge in [-0.15, -0.1) is 0 Å². The van der Waals surface area contributed by atoms with Gasteiger partial charge in [-0.25, -0.2) is 4.98 Å². The number of pyridine rings is 2. The van der Waals surface area contributed by atoms with Crippen LogP contribution in [-0.2, 0) is 11.2 Å². The van der Waals surface area contributed by atoms with Crippen LogP contribution in [0.1, 0.15) is 16.1 Å². The zero-order valence-electron chi connectivity index (χ0n) is 16.5. The van der Waals surface area contributed by atoms with Gasteiger partial charge in [0.05, 0.1) is 6.42 Å². The Balaban J connectivity index is 1.38. The second-order valence-corrected chi connectivity index (χ2v) is 6.94. The number of ether oxygens (including phenoxy) is 1. The predicted molar refractivity (Wildman–Crippen MR) is 111 cm³/mol. The molecule has 0 aliphatic carbocycles. The molecule has 1 aliphatic rings. The summed E-state index contributed by atoms with van der Waals surface area (Å²) >= 11 is 0. The molecule has 1 aromatic carbocycles. The molecule has 3 aromatic rings. The van der Waals surface area contributed by atoms with Gasteiger partial charge in [0, 0.05) is 44.3 Å². The highest BCUT2D eigenvalue weighted by Gasteiger charge is 2.27. The van der Waals surface area contributed by atoms with E-state index >= 15 is 0 Å². The van der Waals surface area contributed by atoms with Gasteiger partial charge in [-0.2, -0.15) is 0 Å². The second kappa shape index (κ2) is 9.17. The Bertz CT molecular complexity index is 1000. The first-order chi connectivity index (χ1) is 14.7. The highest BCUT2D eigenvalue weighted by molar-refractivity contribution is 5.96. The SMILES string of the molecule is O=C(Cc1ccccn1)N1CCN(C(=O)c2cccnc2Oc2ccccc2)CC1. The van der Waals surface area contributed by atoms with E-state index in [-0.39, 0.29) is 24.1 Å². The number of benzene rings is 1. The first-order valence-corrected chi connectivity index (χ1v) is 9.85. The summed E-state index contributed by atoms with van der Waals surface area (Å²) in [5, 5.41) is 0. The number of carbonyl (C=O) groups excluding carboxylic acids is 2. The number of amides is 2. The Morgan fingerprint density at radius 1 is 0.800 bits per heavy atom. The molecule has 1 fully saturated rings. The average molecular weight is 402 g/mol. The smallest absolute Gasteiger partial charge is 0.259 e. The molecule has 30 heavy (non-hydrogen) atoms. The Morgan fingerprint density at radius 2 is 1.50 bits per heavy atom. The fraction of sp³-hybridized carbons (Fsp3) is 0.217. The van der Waals surface area contributed by atoms with E-state index in [2.05, 4.69) is 9.97 Å². The summed E-state index contributed by atoms with van der Waals surface area (Å²) in [5.74, 6) is 0.777. The third-order valence-corrected chi connectivity index (χ3v) is 4.94. The number of carbonyl (C=O) groups is 2. The normalized spacial score (nSPS) is 13.7. The minimum absolute atomic E-state index is 0.0234. The third-order valence-electron chi connectivity index (χ3n) is 4.94. The molecule has 1 aliphatic heterocycles. The molecule has 3 heterocycles. The highest BCUT2D eigenvalue weighted by atomic mass is 16.5. The van der Waals surface area contributed by atoms with Gasteiger partial charge in [-0.05, 0) is 36.4 Å². The number of aromatic nitrogens is 2. The van der Waals surface area contributed by atoms with Crippen LogP contribution in [0.15, 0.2) is 73.1 Å². The molecular formula is C23H22N4O3. The predicted octanol–water partition coefficient (Wildman–Crippen LogP) is 2.80. The summed E-state index contributed by atoms with van der Waals surface area (Å²) in [4.78, 5) is 37.6. The quantitative estimate of drug-likeness (QED) is 0.656. The molecule has 2 aromatic heterocycles. The maximum absolute atomic E-state index is 13.1. The van der Waals surface area contributed by atoms with Gasteiger partial charge in [0.2, 0.25) is 11.8 Å². The molecule has 0 spiro atoms. The van der Waals surface area contributed by atoms with Crippen molar-refractivity contribution in [2.75, 3.05) is 26.2 Å². The molecule has 0 radical (unpaired) electrons. The Kier molecular flexibility index (Phi) is 5.98. The number of nitrogens with zero attached hydrogens (tertiary/aromatic N) is 4. The first-order valence-electron chi connectivity index (χ1n) is 9.85. The lowest BCUT2D eigenvalue weighted by Crippen LogP contribution is -2.51. The molecule has 7 heteroatoms. The summed E-state index contributed by atoms with van der Waals surface area (Å²) in [7, 11) is 0. The van der Waals surface area contributed by atoms with Crippen LogP contribution >= 0.6 is 0 Å². The van der Waals surface area contributed by atoms with Crippen LogP contribution in [0, 0.1) is 0 Å². The average Bonchev–Trinajstić information content (AvgIpc) is 2.80. The van der Waals surface area contributed by atoms with E-state index in [9.17, 15) is 9.59 Å². The minimum atomic E-state index is -0.147. The van der Waals surface area contributed by atoms with E-state index in [0.29, 0.717) is 37.5 Å². The van der Waals surface area contributed by atoms with E-state index < -0.39 is 0 Å². The van der Waals surface area contributed by atoms with Crippen molar-refractivity contribution in [2.24, 2.45) is 0 Å². The van der Waals surface area contributed by atoms with Crippen LogP contribution in [0.3, 0.4) is 0 Å². The summed E-state index contributed by atoms with van der Waals surface area (Å²) < 4.78 is 5.82. The van der Waals surface area contributed by atoms with E-state index in [4.69, 9.17) is 4.74 Å². The molecule has 4 rings (SSSR count). The lowest BCUT2D eigenvalue weighted by Gasteiger charge is -2.35. The summed E-state index contributed by atoms with van der Waals surface area (Å²) in [6.07, 6.45) is 3.55. The van der Waals surface area contributed by atoms with Crippen LogP contribution in [-0.4, -0.2) is 57.8 Å². The Morgan fingerprint density at radius 3 is 2.23 bits per heavy atom. The topological polar surface area (TPSA) is 75.6 Å². The molecule has 0 unspecified atom stereocenters. The monoisotopic (exact) mass is 402 g/mol. The van der Waals surface area contributed by atoms with Crippen molar-refractivity contribution in [3.8, 4) is 11.6 Å². The Labute approximate surface area is 174 Å². The number of piperazine rings is 1. The fourth-order valence-corrected chi connectivity index (χ4v) is 3.33. The van der Waals surface area contributed by atoms with Crippen molar-refractivity contribution in [1.29, 1.82) is 0 Å². The molecule has 152 valence electrons. The lowest BCUT2D eigenvalue weighted by atomic mass is 10.2. The van der Waals surface area contributed by atoms with Crippen LogP contribution in [0.2, 0.25) is 0 Å². The molecule has 2 amide bonds. The van der Waals surface area contributed by atoms with Crippen molar-refractivity contribution in [3.05, 3.63) is 84.3 Å². The zero-order chi connectivity index (χ0) is 20.8. The van der Waals surface area contributed by atoms with Crippen molar-refractivity contribution in [3.63, 3.8) is 0 Å². The highest BCUT2D eigenvalue weighted by Crippen LogP contribution is 2.24. The van der Waals surface area contributed by atoms with E-state index in [1.807, 2.05) is 48.5 Å². The van der Waals surface area contributed by atoms with Crippen LogP contribution in [0.4, 0.5) is 0 Å². The van der Waals surface area contributed by atoms with E-state index in [0.717, 1.165) is 5.69 Å². The maximum atomic E-state index is 13.1. The molecule has 1 saturated heterocycles. The van der Waals surface area contributed by atoms with Crippen molar-refractivity contribution in [1.82, 2.24) is 19.8 Å². The molecule has 0 atom stereocenters. The van der Waals surface area contributed by atoms with Crippen LogP contribution in [0.5, 0.6) is 11.6 Å². The number of hydrogen-bond acceptors (Lipinski definition) is 5. The van der Waals surface area contributed by atoms with E-state index in [1.165, 1.54) is 0 Å². The molecule has 0 bridgehead atoms. The van der Waals surface area contributed by atoms with Crippen LogP contribution < -0.4 is 4.74 Å². The summed E-state index contributed by atoms with van der Waals surface area (Å²) in [6.45, 7) is 1.91. The van der Waals surface area contributed by atoms with Crippen molar-refractivity contribution in [2.45, 2.75) is 6.42 Å². The number of hydrogen-bond donors (Lipinski definition) is 0. The lowest BCUT2D eigenvalue weighted by molar-refractivity contribution is -0.132. The van der Waals surface area contributed by atoms with Gasteiger partial charge in [-0.1, -0.05) is 24.3 Å². The van der Waals surface area contributed by atoms with Gasteiger partial charge in [0.15, 0.2) is 0 Å².